The molecule has 2 aromatic carbocycles. The summed E-state index contributed by atoms with van der Waals surface area (Å²) in [6.07, 6.45) is 0.828. The zero-order chi connectivity index (χ0) is 23.3. The molecule has 0 amide bonds. The van der Waals surface area contributed by atoms with Crippen molar-refractivity contribution in [3.63, 3.8) is 0 Å². The highest BCUT2D eigenvalue weighted by atomic mass is 79.9. The third-order valence-electron chi connectivity index (χ3n) is 5.23. The molecule has 3 rings (SSSR count). The molecule has 1 aliphatic rings. The number of benzene rings is 2. The molecule has 2 N–H and O–H groups in total. The Labute approximate surface area is 194 Å². The van der Waals surface area contributed by atoms with Gasteiger partial charge in [-0.1, -0.05) is 41.1 Å². The van der Waals surface area contributed by atoms with Gasteiger partial charge in [-0.25, -0.2) is 9.59 Å². The number of rotatable bonds is 9. The maximum atomic E-state index is 12.2. The summed E-state index contributed by atoms with van der Waals surface area (Å²) in [6, 6.07) is 12.8. The van der Waals surface area contributed by atoms with Crippen LogP contribution in [0, 0.1) is 0 Å². The fraction of sp³-hybridized carbons (Fsp3) is 0.391. The van der Waals surface area contributed by atoms with Crippen molar-refractivity contribution in [1.82, 2.24) is 5.32 Å². The average Bonchev–Trinajstić information content (AvgIpc) is 3.20. The summed E-state index contributed by atoms with van der Waals surface area (Å²) in [5.41, 5.74) is 1.74. The summed E-state index contributed by atoms with van der Waals surface area (Å²) in [5, 5.41) is 13.9. The van der Waals surface area contributed by atoms with E-state index in [1.165, 1.54) is 0 Å². The van der Waals surface area contributed by atoms with E-state index in [4.69, 9.17) is 9.47 Å². The van der Waals surface area contributed by atoms with Gasteiger partial charge in [-0.2, -0.15) is 0 Å². The van der Waals surface area contributed by atoms with Crippen LogP contribution in [0.5, 0.6) is 11.5 Å². The minimum absolute atomic E-state index is 0.0862. The van der Waals surface area contributed by atoms with E-state index in [0.717, 1.165) is 36.2 Å². The van der Waals surface area contributed by atoms with Crippen LogP contribution in [0.3, 0.4) is 0 Å². The van der Waals surface area contributed by atoms with Crippen molar-refractivity contribution in [2.75, 3.05) is 20.8 Å². The van der Waals surface area contributed by atoms with Crippen LogP contribution in [-0.4, -0.2) is 49.6 Å². The Bertz CT molecular complexity index is 965. The van der Waals surface area contributed by atoms with Gasteiger partial charge >= 0.3 is 17.7 Å². The number of aliphatic hydroxyl groups excluding tert-OH is 1. The fourth-order valence-electron chi connectivity index (χ4n) is 3.45. The summed E-state index contributed by atoms with van der Waals surface area (Å²) < 4.78 is 21.4. The number of esters is 2. The van der Waals surface area contributed by atoms with Gasteiger partial charge < -0.3 is 29.4 Å². The van der Waals surface area contributed by atoms with Crippen LogP contribution in [0.25, 0.3) is 0 Å². The van der Waals surface area contributed by atoms with Gasteiger partial charge in [0.2, 0.25) is 0 Å². The van der Waals surface area contributed by atoms with E-state index in [0.29, 0.717) is 13.0 Å². The quantitative estimate of drug-likeness (QED) is 0.394. The van der Waals surface area contributed by atoms with Gasteiger partial charge in [0.05, 0.1) is 20.3 Å². The van der Waals surface area contributed by atoms with Crippen molar-refractivity contribution >= 4 is 27.9 Å². The molecule has 2 unspecified atom stereocenters. The monoisotopic (exact) mass is 507 g/mol. The van der Waals surface area contributed by atoms with E-state index < -0.39 is 23.8 Å². The molecule has 1 aliphatic heterocycles. The van der Waals surface area contributed by atoms with Crippen LogP contribution in [0.4, 0.5) is 0 Å². The maximum absolute atomic E-state index is 12.2. The zero-order valence-corrected chi connectivity index (χ0v) is 19.7. The Morgan fingerprint density at radius 2 is 1.78 bits per heavy atom. The lowest BCUT2D eigenvalue weighted by Crippen LogP contribution is -2.55. The summed E-state index contributed by atoms with van der Waals surface area (Å²) in [7, 11) is 2.27. The highest BCUT2D eigenvalue weighted by molar-refractivity contribution is 9.10. The molecule has 0 saturated carbocycles. The van der Waals surface area contributed by atoms with Gasteiger partial charge in [-0.05, 0) is 48.2 Å². The van der Waals surface area contributed by atoms with Gasteiger partial charge in [-0.15, -0.1) is 0 Å². The Morgan fingerprint density at radius 1 is 1.09 bits per heavy atom. The number of carbonyl (C=O) groups excluding carboxylic acids is 2. The second-order valence-electron chi connectivity index (χ2n) is 7.37. The average molecular weight is 508 g/mol. The maximum Gasteiger partial charge on any atom is 0.453 e. The second kappa shape index (κ2) is 10.3. The highest BCUT2D eigenvalue weighted by Gasteiger charge is 2.59. The predicted molar refractivity (Wildman–Crippen MR) is 119 cm³/mol. The standard InChI is InChI=1S/C23H26BrNO7/c1-4-17(25-13-18(26)15-6-5-7-16(24)12-15)10-14-8-9-19-20(11-14)32-23(31-19,21(27)29-2)22(28)30-3/h5-9,11-12,17-18,25-26H,4,10,13H2,1-3H3. The number of aliphatic hydroxyl groups is 1. The number of methoxy groups -OCH3 is 2. The minimum Gasteiger partial charge on any atom is -0.463 e. The molecule has 0 fully saturated rings. The first kappa shape index (κ1) is 24.0. The lowest BCUT2D eigenvalue weighted by molar-refractivity contribution is -0.199. The third kappa shape index (κ3) is 5.06. The molecule has 9 heteroatoms. The molecule has 172 valence electrons. The molecule has 2 aromatic rings. The van der Waals surface area contributed by atoms with Gasteiger partial charge in [-0.3, -0.25) is 0 Å². The fourth-order valence-corrected chi connectivity index (χ4v) is 3.87. The summed E-state index contributed by atoms with van der Waals surface area (Å²) in [5.74, 6) is -3.81. The molecule has 0 saturated heterocycles. The van der Waals surface area contributed by atoms with Gasteiger partial charge in [0.1, 0.15) is 0 Å². The molecule has 1 heterocycles. The van der Waals surface area contributed by atoms with Crippen molar-refractivity contribution in [1.29, 1.82) is 0 Å². The number of fused-ring (bicyclic) bond motifs is 1. The number of hydrogen-bond donors (Lipinski definition) is 2. The number of carbonyl (C=O) groups is 2. The van der Waals surface area contributed by atoms with Crippen molar-refractivity contribution in [2.24, 2.45) is 0 Å². The zero-order valence-electron chi connectivity index (χ0n) is 18.1. The topological polar surface area (TPSA) is 103 Å². The lowest BCUT2D eigenvalue weighted by atomic mass is 10.0. The van der Waals surface area contributed by atoms with E-state index in [1.54, 1.807) is 12.1 Å². The summed E-state index contributed by atoms with van der Waals surface area (Å²) in [6.45, 7) is 2.45. The highest BCUT2D eigenvalue weighted by Crippen LogP contribution is 2.41. The minimum atomic E-state index is -2.30. The first-order chi connectivity index (χ1) is 15.3. The van der Waals surface area contributed by atoms with Gasteiger partial charge in [0.25, 0.3) is 0 Å². The molecule has 0 aliphatic carbocycles. The molecule has 0 spiro atoms. The Balaban J connectivity index is 1.67. The Kier molecular flexibility index (Phi) is 7.76. The van der Waals surface area contributed by atoms with Crippen molar-refractivity contribution in [2.45, 2.75) is 37.7 Å². The Hall–Kier alpha value is -2.62. The van der Waals surface area contributed by atoms with E-state index in [1.807, 2.05) is 30.3 Å². The Morgan fingerprint density at radius 3 is 2.41 bits per heavy atom. The van der Waals surface area contributed by atoms with Crippen LogP contribution in [0.1, 0.15) is 30.6 Å². The largest absolute Gasteiger partial charge is 0.463 e. The van der Waals surface area contributed by atoms with E-state index in [9.17, 15) is 14.7 Å². The number of hydrogen-bond acceptors (Lipinski definition) is 8. The second-order valence-corrected chi connectivity index (χ2v) is 8.29. The van der Waals surface area contributed by atoms with Crippen LogP contribution >= 0.6 is 15.9 Å². The van der Waals surface area contributed by atoms with Crippen LogP contribution in [0.15, 0.2) is 46.9 Å². The first-order valence-corrected chi connectivity index (χ1v) is 11.0. The molecule has 2 atom stereocenters. The summed E-state index contributed by atoms with van der Waals surface area (Å²) >= 11 is 3.42. The van der Waals surface area contributed by atoms with Crippen molar-refractivity contribution < 1.29 is 33.6 Å². The van der Waals surface area contributed by atoms with Gasteiger partial charge in [0.15, 0.2) is 11.5 Å². The molecular formula is C23H26BrNO7. The predicted octanol–water partition coefficient (Wildman–Crippen LogP) is 2.91. The number of halogens is 1. The molecule has 32 heavy (non-hydrogen) atoms. The SMILES string of the molecule is CCC(Cc1ccc2c(c1)OC(C(=O)OC)(C(=O)OC)O2)NCC(O)c1cccc(Br)c1. The molecule has 0 aromatic heterocycles. The molecule has 0 bridgehead atoms. The summed E-state index contributed by atoms with van der Waals surface area (Å²) in [4.78, 5) is 24.4. The number of nitrogens with one attached hydrogen (secondary N) is 1. The van der Waals surface area contributed by atoms with E-state index >= 15 is 0 Å². The van der Waals surface area contributed by atoms with Crippen LogP contribution in [0.2, 0.25) is 0 Å². The van der Waals surface area contributed by atoms with Crippen LogP contribution in [-0.2, 0) is 25.5 Å². The number of ether oxygens (including phenoxy) is 4. The third-order valence-corrected chi connectivity index (χ3v) is 5.73. The molecular weight excluding hydrogens is 482 g/mol. The lowest BCUT2D eigenvalue weighted by Gasteiger charge is -2.21. The smallest absolute Gasteiger partial charge is 0.453 e. The molecule has 8 nitrogen and oxygen atoms in total. The molecule has 0 radical (unpaired) electrons. The first-order valence-electron chi connectivity index (χ1n) is 10.2. The normalized spacial score (nSPS) is 15.7. The van der Waals surface area contributed by atoms with Gasteiger partial charge in [0, 0.05) is 17.1 Å². The van der Waals surface area contributed by atoms with Crippen LogP contribution < -0.4 is 14.8 Å². The van der Waals surface area contributed by atoms with Crippen molar-refractivity contribution in [3.8, 4) is 11.5 Å². The van der Waals surface area contributed by atoms with Crippen molar-refractivity contribution in [3.05, 3.63) is 58.1 Å². The van der Waals surface area contributed by atoms with E-state index in [2.05, 4.69) is 37.6 Å². The van der Waals surface area contributed by atoms with E-state index in [-0.39, 0.29) is 17.5 Å².